The Morgan fingerprint density at radius 2 is 1.24 bits per heavy atom. The molecule has 0 atom stereocenters. The first kappa shape index (κ1) is 16.2. The second kappa shape index (κ2) is 5.72. The summed E-state index contributed by atoms with van der Waals surface area (Å²) in [5.41, 5.74) is 1.40. The molecule has 2 nitrogen and oxygen atoms in total. The summed E-state index contributed by atoms with van der Waals surface area (Å²) in [5.74, 6) is 2.80. The van der Waals surface area contributed by atoms with Crippen LogP contribution in [0.4, 0.5) is 0 Å². The summed E-state index contributed by atoms with van der Waals surface area (Å²) < 4.78 is 0. The smallest absolute Gasteiger partial charge is 0.0648 e. The first-order valence-corrected chi connectivity index (χ1v) is 11.2. The van der Waals surface area contributed by atoms with Crippen LogP contribution < -0.4 is 0 Å². The van der Waals surface area contributed by atoms with Crippen molar-refractivity contribution >= 4 is 38.5 Å². The number of rotatable bonds is 2. The molecule has 29 heavy (non-hydrogen) atoms. The van der Waals surface area contributed by atoms with Gasteiger partial charge in [0, 0.05) is 23.2 Å². The molecule has 4 bridgehead atoms. The van der Waals surface area contributed by atoms with Gasteiger partial charge in [0.15, 0.2) is 0 Å². The predicted octanol–water partition coefficient (Wildman–Crippen LogP) is 6.86. The summed E-state index contributed by atoms with van der Waals surface area (Å²) in [7, 11) is 0. The number of benzene rings is 3. The fourth-order valence-corrected chi connectivity index (χ4v) is 7.36. The molecule has 4 saturated carbocycles. The Balaban J connectivity index is 1.41. The maximum atomic E-state index is 5.34. The average Bonchev–Trinajstić information content (AvgIpc) is 3.16. The van der Waals surface area contributed by atoms with E-state index in [1.54, 1.807) is 0 Å². The van der Waals surface area contributed by atoms with Crippen molar-refractivity contribution < 1.29 is 0 Å². The second-order valence-electron chi connectivity index (χ2n) is 9.98. The van der Waals surface area contributed by atoms with Gasteiger partial charge in [-0.15, -0.1) is 0 Å². The third kappa shape index (κ3) is 2.32. The lowest BCUT2D eigenvalue weighted by atomic mass is 9.53. The molecule has 1 aromatic heterocycles. The van der Waals surface area contributed by atoms with Crippen LogP contribution in [-0.4, -0.2) is 16.7 Å². The van der Waals surface area contributed by atoms with Gasteiger partial charge in [-0.2, -0.15) is 0 Å². The minimum absolute atomic E-state index is 0.221. The van der Waals surface area contributed by atoms with Crippen molar-refractivity contribution in [2.75, 3.05) is 0 Å². The van der Waals surface area contributed by atoms with E-state index < -0.39 is 0 Å². The average molecular weight is 379 g/mol. The van der Waals surface area contributed by atoms with Crippen LogP contribution in [0.25, 0.3) is 32.3 Å². The van der Waals surface area contributed by atoms with Crippen LogP contribution in [0.1, 0.15) is 44.2 Å². The zero-order valence-electron chi connectivity index (χ0n) is 16.7. The standard InChI is InChI=1S/C27H26N2/c1-2-7-22-20(5-1)21-6-3-4-8-23(21)26-24(22)15-28-25(26)16-29-27-12-17-9-18(13-27)11-19(10-17)14-27/h1-8,15-19,28H,9-14H2. The van der Waals surface area contributed by atoms with E-state index in [4.69, 9.17) is 4.99 Å². The summed E-state index contributed by atoms with van der Waals surface area (Å²) in [6, 6.07) is 17.6. The molecule has 2 heteroatoms. The van der Waals surface area contributed by atoms with Crippen LogP contribution in [0.5, 0.6) is 0 Å². The fraction of sp³-hybridized carbons (Fsp3) is 0.370. The largest absolute Gasteiger partial charge is 0.359 e. The van der Waals surface area contributed by atoms with Crippen molar-refractivity contribution in [3.63, 3.8) is 0 Å². The fourth-order valence-electron chi connectivity index (χ4n) is 7.36. The van der Waals surface area contributed by atoms with Gasteiger partial charge in [-0.25, -0.2) is 0 Å². The maximum Gasteiger partial charge on any atom is 0.0648 e. The van der Waals surface area contributed by atoms with E-state index in [2.05, 4.69) is 65.9 Å². The van der Waals surface area contributed by atoms with Gasteiger partial charge in [0.05, 0.1) is 11.2 Å². The van der Waals surface area contributed by atoms with E-state index in [-0.39, 0.29) is 5.54 Å². The summed E-state index contributed by atoms with van der Waals surface area (Å²) >= 11 is 0. The highest BCUT2D eigenvalue weighted by molar-refractivity contribution is 6.28. The first-order chi connectivity index (χ1) is 14.3. The lowest BCUT2D eigenvalue weighted by Crippen LogP contribution is -2.49. The van der Waals surface area contributed by atoms with Crippen LogP contribution >= 0.6 is 0 Å². The molecule has 3 aromatic carbocycles. The Morgan fingerprint density at radius 3 is 1.86 bits per heavy atom. The van der Waals surface area contributed by atoms with Crippen LogP contribution in [0, 0.1) is 17.8 Å². The van der Waals surface area contributed by atoms with Gasteiger partial charge in [-0.1, -0.05) is 48.5 Å². The highest BCUT2D eigenvalue weighted by Gasteiger charge is 2.50. The molecule has 0 radical (unpaired) electrons. The topological polar surface area (TPSA) is 28.1 Å². The number of hydrogen-bond acceptors (Lipinski definition) is 1. The molecular formula is C27H26N2. The van der Waals surface area contributed by atoms with E-state index in [0.717, 1.165) is 17.8 Å². The van der Waals surface area contributed by atoms with E-state index in [1.165, 1.54) is 76.5 Å². The molecule has 144 valence electrons. The number of H-pyrrole nitrogens is 1. The van der Waals surface area contributed by atoms with E-state index in [1.807, 2.05) is 0 Å². The van der Waals surface area contributed by atoms with Crippen molar-refractivity contribution in [2.24, 2.45) is 22.7 Å². The first-order valence-electron chi connectivity index (χ1n) is 11.2. The Labute approximate surface area is 171 Å². The summed E-state index contributed by atoms with van der Waals surface area (Å²) in [4.78, 5) is 8.92. The number of aromatic nitrogens is 1. The molecule has 1 heterocycles. The molecule has 4 fully saturated rings. The quantitative estimate of drug-likeness (QED) is 0.291. The van der Waals surface area contributed by atoms with E-state index in [0.29, 0.717) is 0 Å². The second-order valence-corrected chi connectivity index (χ2v) is 9.98. The monoisotopic (exact) mass is 378 g/mol. The summed E-state index contributed by atoms with van der Waals surface area (Å²) in [6.07, 6.45) is 12.7. The molecule has 8 rings (SSSR count). The van der Waals surface area contributed by atoms with Crippen molar-refractivity contribution in [1.29, 1.82) is 0 Å². The van der Waals surface area contributed by atoms with Gasteiger partial charge in [0.1, 0.15) is 0 Å². The van der Waals surface area contributed by atoms with Crippen molar-refractivity contribution in [3.05, 3.63) is 60.4 Å². The van der Waals surface area contributed by atoms with Gasteiger partial charge in [0.25, 0.3) is 0 Å². The highest BCUT2D eigenvalue weighted by Crippen LogP contribution is 2.57. The van der Waals surface area contributed by atoms with Crippen LogP contribution in [0.15, 0.2) is 59.7 Å². The third-order valence-corrected chi connectivity index (χ3v) is 8.09. The molecule has 4 aliphatic carbocycles. The van der Waals surface area contributed by atoms with Gasteiger partial charge in [-0.05, 0) is 77.8 Å². The van der Waals surface area contributed by atoms with Gasteiger partial charge < -0.3 is 4.98 Å². The Kier molecular flexibility index (Phi) is 3.20. The lowest BCUT2D eigenvalue weighted by Gasteiger charge is -2.54. The molecule has 4 aromatic rings. The normalized spacial score (nSPS) is 31.0. The number of aliphatic imine (C=N–C) groups is 1. The molecule has 0 aliphatic heterocycles. The van der Waals surface area contributed by atoms with Crippen LogP contribution in [0.2, 0.25) is 0 Å². The summed E-state index contributed by atoms with van der Waals surface area (Å²) in [5, 5.41) is 7.96. The van der Waals surface area contributed by atoms with Crippen molar-refractivity contribution in [1.82, 2.24) is 4.98 Å². The SMILES string of the molecule is C(=NC12CC3CC(CC(C3)C1)C2)c1[nH]cc2c3ccccc3c3ccccc3c12. The highest BCUT2D eigenvalue weighted by atomic mass is 14.9. The van der Waals surface area contributed by atoms with Crippen LogP contribution in [0.3, 0.4) is 0 Å². The van der Waals surface area contributed by atoms with Crippen LogP contribution in [-0.2, 0) is 0 Å². The molecule has 0 unspecified atom stereocenters. The Morgan fingerprint density at radius 1 is 0.724 bits per heavy atom. The molecule has 1 N–H and O–H groups in total. The number of aromatic amines is 1. The minimum atomic E-state index is 0.221. The number of nitrogens with one attached hydrogen (secondary N) is 1. The third-order valence-electron chi connectivity index (χ3n) is 8.09. The minimum Gasteiger partial charge on any atom is -0.359 e. The van der Waals surface area contributed by atoms with E-state index >= 15 is 0 Å². The van der Waals surface area contributed by atoms with Gasteiger partial charge in [0.2, 0.25) is 0 Å². The molecule has 0 saturated heterocycles. The zero-order chi connectivity index (χ0) is 19.0. The molecule has 0 spiro atoms. The number of fused-ring (bicyclic) bond motifs is 6. The molecule has 0 amide bonds. The lowest BCUT2D eigenvalue weighted by molar-refractivity contribution is 0.00194. The zero-order valence-corrected chi connectivity index (χ0v) is 16.7. The van der Waals surface area contributed by atoms with Crippen molar-refractivity contribution in [2.45, 2.75) is 44.1 Å². The molecular weight excluding hydrogens is 352 g/mol. The van der Waals surface area contributed by atoms with Gasteiger partial charge >= 0.3 is 0 Å². The number of nitrogens with zero attached hydrogens (tertiary/aromatic N) is 1. The van der Waals surface area contributed by atoms with Gasteiger partial charge in [-0.3, -0.25) is 4.99 Å². The summed E-state index contributed by atoms with van der Waals surface area (Å²) in [6.45, 7) is 0. The predicted molar refractivity (Wildman–Crippen MR) is 122 cm³/mol. The van der Waals surface area contributed by atoms with Crippen molar-refractivity contribution in [3.8, 4) is 0 Å². The Bertz CT molecular complexity index is 1260. The van der Waals surface area contributed by atoms with E-state index in [9.17, 15) is 0 Å². The Hall–Kier alpha value is -2.61. The number of hydrogen-bond donors (Lipinski definition) is 1. The maximum absolute atomic E-state index is 5.34. The molecule has 4 aliphatic rings.